The van der Waals surface area contributed by atoms with E-state index in [0.29, 0.717) is 16.1 Å². The summed E-state index contributed by atoms with van der Waals surface area (Å²) in [7, 11) is 1.43. The molecule has 8 heteroatoms. The quantitative estimate of drug-likeness (QED) is 0.561. The van der Waals surface area contributed by atoms with Gasteiger partial charge in [-0.2, -0.15) is 0 Å². The van der Waals surface area contributed by atoms with Crippen molar-refractivity contribution < 1.29 is 13.5 Å². The van der Waals surface area contributed by atoms with Crippen molar-refractivity contribution in [2.75, 3.05) is 7.11 Å². The van der Waals surface area contributed by atoms with Crippen LogP contribution in [0.25, 0.3) is 32.2 Å². The maximum Gasteiger partial charge on any atom is 0.271 e. The standard InChI is InChI=1S/C20H14F2N2O3S/c1-27-16-5-2-9(21)6-12(16)11-8-15-13(7-14(11)22)18(25)17-19(26)23-28-20(17)24(15)10-3-4-10/h2,5-8,10H,3-4H2,1H3,(H,23,26). The molecule has 2 heterocycles. The van der Waals surface area contributed by atoms with Gasteiger partial charge in [-0.15, -0.1) is 0 Å². The van der Waals surface area contributed by atoms with Crippen molar-refractivity contribution in [2.24, 2.45) is 0 Å². The van der Waals surface area contributed by atoms with Crippen LogP contribution >= 0.6 is 11.5 Å². The Morgan fingerprint density at radius 1 is 1.14 bits per heavy atom. The number of hydrogen-bond donors (Lipinski definition) is 1. The molecule has 1 aliphatic carbocycles. The molecular formula is C20H14F2N2O3S. The lowest BCUT2D eigenvalue weighted by Crippen LogP contribution is -2.15. The van der Waals surface area contributed by atoms with Crippen LogP contribution in [-0.4, -0.2) is 16.1 Å². The molecule has 0 bridgehead atoms. The van der Waals surface area contributed by atoms with Crippen molar-refractivity contribution >= 4 is 32.7 Å². The predicted molar refractivity (Wildman–Crippen MR) is 104 cm³/mol. The van der Waals surface area contributed by atoms with Gasteiger partial charge in [0.15, 0.2) is 0 Å². The second-order valence-electron chi connectivity index (χ2n) is 6.84. The predicted octanol–water partition coefficient (Wildman–Crippen LogP) is 4.19. The molecule has 0 atom stereocenters. The van der Waals surface area contributed by atoms with Gasteiger partial charge in [-0.05, 0) is 54.7 Å². The number of nitrogens with one attached hydrogen (secondary N) is 1. The topological polar surface area (TPSA) is 64.1 Å². The summed E-state index contributed by atoms with van der Waals surface area (Å²) in [5, 5.41) is 0.194. The highest BCUT2D eigenvalue weighted by Gasteiger charge is 2.29. The number of aromatic nitrogens is 2. The van der Waals surface area contributed by atoms with Crippen LogP contribution in [0.1, 0.15) is 18.9 Å². The summed E-state index contributed by atoms with van der Waals surface area (Å²) in [6.07, 6.45) is 1.82. The van der Waals surface area contributed by atoms with Crippen molar-refractivity contribution in [3.63, 3.8) is 0 Å². The Hall–Kier alpha value is -3.00. The molecule has 4 aromatic rings. The first-order valence-electron chi connectivity index (χ1n) is 8.72. The fraction of sp³-hybridized carbons (Fsp3) is 0.200. The third-order valence-electron chi connectivity index (χ3n) is 5.08. The van der Waals surface area contributed by atoms with Gasteiger partial charge in [0.2, 0.25) is 5.43 Å². The fourth-order valence-electron chi connectivity index (χ4n) is 3.64. The van der Waals surface area contributed by atoms with Gasteiger partial charge in [0.1, 0.15) is 27.6 Å². The number of methoxy groups -OCH3 is 1. The molecule has 2 aromatic carbocycles. The summed E-state index contributed by atoms with van der Waals surface area (Å²) in [6.45, 7) is 0. The molecule has 0 saturated heterocycles. The van der Waals surface area contributed by atoms with E-state index in [4.69, 9.17) is 4.74 Å². The minimum Gasteiger partial charge on any atom is -0.496 e. The van der Waals surface area contributed by atoms with Crippen LogP contribution in [0.4, 0.5) is 8.78 Å². The van der Waals surface area contributed by atoms with Crippen molar-refractivity contribution in [3.8, 4) is 16.9 Å². The normalized spacial score (nSPS) is 14.1. The summed E-state index contributed by atoms with van der Waals surface area (Å²) in [6, 6.07) is 6.70. The highest BCUT2D eigenvalue weighted by atomic mass is 32.1. The first-order valence-corrected chi connectivity index (χ1v) is 9.54. The van der Waals surface area contributed by atoms with E-state index < -0.39 is 22.6 Å². The molecule has 1 N–H and O–H groups in total. The molecule has 1 aliphatic rings. The summed E-state index contributed by atoms with van der Waals surface area (Å²) < 4.78 is 38.6. The number of H-pyrrole nitrogens is 1. The van der Waals surface area contributed by atoms with Crippen LogP contribution in [-0.2, 0) is 0 Å². The number of nitrogens with zero attached hydrogens (tertiary/aromatic N) is 1. The van der Waals surface area contributed by atoms with E-state index in [9.17, 15) is 18.4 Å². The van der Waals surface area contributed by atoms with Gasteiger partial charge < -0.3 is 9.30 Å². The SMILES string of the molecule is COc1ccc(F)cc1-c1cc2c(cc1F)c(=O)c1c(=O)[nH]sc1n2C1CC1. The van der Waals surface area contributed by atoms with Crippen LogP contribution in [0.2, 0.25) is 0 Å². The van der Waals surface area contributed by atoms with E-state index in [-0.39, 0.29) is 27.9 Å². The highest BCUT2D eigenvalue weighted by molar-refractivity contribution is 7.12. The summed E-state index contributed by atoms with van der Waals surface area (Å²) >= 11 is 1.10. The summed E-state index contributed by atoms with van der Waals surface area (Å²) in [4.78, 5) is 25.5. The minimum absolute atomic E-state index is 0.0555. The van der Waals surface area contributed by atoms with Crippen molar-refractivity contribution in [1.29, 1.82) is 0 Å². The van der Waals surface area contributed by atoms with Gasteiger partial charge in [0.25, 0.3) is 5.56 Å². The lowest BCUT2D eigenvalue weighted by Gasteiger charge is -2.15. The zero-order valence-electron chi connectivity index (χ0n) is 14.7. The Balaban J connectivity index is 1.93. The third kappa shape index (κ3) is 2.41. The Morgan fingerprint density at radius 3 is 2.64 bits per heavy atom. The highest BCUT2D eigenvalue weighted by Crippen LogP contribution is 2.41. The van der Waals surface area contributed by atoms with Crippen LogP contribution in [0, 0.1) is 11.6 Å². The number of rotatable bonds is 3. The van der Waals surface area contributed by atoms with E-state index in [1.54, 1.807) is 6.07 Å². The zero-order valence-corrected chi connectivity index (χ0v) is 15.5. The van der Waals surface area contributed by atoms with Gasteiger partial charge in [-0.3, -0.25) is 14.0 Å². The number of hydrogen-bond acceptors (Lipinski definition) is 4. The molecule has 0 unspecified atom stereocenters. The van der Waals surface area contributed by atoms with Crippen LogP contribution in [0.5, 0.6) is 5.75 Å². The number of ether oxygens (including phenoxy) is 1. The van der Waals surface area contributed by atoms with Gasteiger partial charge in [-0.1, -0.05) is 0 Å². The molecule has 28 heavy (non-hydrogen) atoms. The maximum absolute atomic E-state index is 15.0. The molecule has 1 saturated carbocycles. The maximum atomic E-state index is 15.0. The lowest BCUT2D eigenvalue weighted by atomic mass is 10.0. The van der Waals surface area contributed by atoms with E-state index >= 15 is 0 Å². The van der Waals surface area contributed by atoms with Crippen molar-refractivity contribution in [1.82, 2.24) is 8.94 Å². The second-order valence-corrected chi connectivity index (χ2v) is 7.63. The first kappa shape index (κ1) is 17.1. The molecule has 5 nitrogen and oxygen atoms in total. The van der Waals surface area contributed by atoms with Gasteiger partial charge in [0, 0.05) is 22.6 Å². The molecule has 1 fully saturated rings. The van der Waals surface area contributed by atoms with Crippen LogP contribution in [0.3, 0.4) is 0 Å². The zero-order chi connectivity index (χ0) is 19.6. The average molecular weight is 400 g/mol. The second kappa shape index (κ2) is 6.00. The lowest BCUT2D eigenvalue weighted by molar-refractivity contribution is 0.415. The smallest absolute Gasteiger partial charge is 0.271 e. The molecule has 142 valence electrons. The molecule has 0 aliphatic heterocycles. The minimum atomic E-state index is -0.679. The van der Waals surface area contributed by atoms with Gasteiger partial charge >= 0.3 is 0 Å². The Labute approximate surface area is 161 Å². The van der Waals surface area contributed by atoms with Gasteiger partial charge in [-0.25, -0.2) is 8.78 Å². The van der Waals surface area contributed by atoms with Crippen LogP contribution < -0.4 is 15.7 Å². The Bertz CT molecular complexity index is 1380. The number of aromatic amines is 1. The Morgan fingerprint density at radius 2 is 1.93 bits per heavy atom. The van der Waals surface area contributed by atoms with E-state index in [0.717, 1.165) is 30.4 Å². The molecular weight excluding hydrogens is 386 g/mol. The Kier molecular flexibility index (Phi) is 3.67. The molecule has 0 radical (unpaired) electrons. The third-order valence-corrected chi connectivity index (χ3v) is 5.96. The molecule has 0 amide bonds. The van der Waals surface area contributed by atoms with E-state index in [1.165, 1.54) is 25.3 Å². The average Bonchev–Trinajstić information content (AvgIpc) is 3.44. The number of fused-ring (bicyclic) bond motifs is 2. The van der Waals surface area contributed by atoms with E-state index in [2.05, 4.69) is 4.37 Å². The first-order chi connectivity index (χ1) is 13.5. The summed E-state index contributed by atoms with van der Waals surface area (Å²) in [5.74, 6) is -0.872. The van der Waals surface area contributed by atoms with E-state index in [1.807, 2.05) is 4.57 Å². The molecule has 2 aromatic heterocycles. The largest absolute Gasteiger partial charge is 0.496 e. The molecule has 0 spiro atoms. The number of pyridine rings is 1. The fourth-order valence-corrected chi connectivity index (χ4v) is 4.57. The van der Waals surface area contributed by atoms with Crippen molar-refractivity contribution in [3.05, 3.63) is 62.5 Å². The summed E-state index contributed by atoms with van der Waals surface area (Å²) in [5.41, 5.74) is -0.0319. The van der Waals surface area contributed by atoms with Gasteiger partial charge in [0.05, 0.1) is 12.6 Å². The number of halogens is 2. The monoisotopic (exact) mass is 400 g/mol. The molecule has 5 rings (SSSR count). The van der Waals surface area contributed by atoms with Crippen molar-refractivity contribution in [2.45, 2.75) is 18.9 Å². The number of benzene rings is 2. The van der Waals surface area contributed by atoms with Crippen LogP contribution in [0.15, 0.2) is 39.9 Å².